The molecule has 0 bridgehead atoms. The molecule has 21 heavy (non-hydrogen) atoms. The van der Waals surface area contributed by atoms with Crippen molar-refractivity contribution in [1.29, 1.82) is 0 Å². The fraction of sp³-hybridized carbons (Fsp3) is 0.118. The topological polar surface area (TPSA) is 49.4 Å². The van der Waals surface area contributed by atoms with Crippen LogP contribution in [0.15, 0.2) is 60.2 Å². The molecule has 0 aliphatic heterocycles. The first-order valence-electron chi connectivity index (χ1n) is 6.31. The monoisotopic (exact) mass is 306 g/mol. The second-order valence-electron chi connectivity index (χ2n) is 4.46. The summed E-state index contributed by atoms with van der Waals surface area (Å²) < 4.78 is 5.65. The zero-order valence-electron chi connectivity index (χ0n) is 12.2. The second-order valence-corrected chi connectivity index (χ2v) is 4.46. The molecule has 3 nitrogen and oxygen atoms in total. The van der Waals surface area contributed by atoms with Crippen LogP contribution in [0.2, 0.25) is 0 Å². The Morgan fingerprint density at radius 1 is 1.10 bits per heavy atom. The summed E-state index contributed by atoms with van der Waals surface area (Å²) in [6.07, 6.45) is 1.57. The summed E-state index contributed by atoms with van der Waals surface area (Å²) in [7, 11) is 0. The Hall–Kier alpha value is -0.914. The minimum absolute atomic E-state index is 0. The van der Waals surface area contributed by atoms with E-state index in [1.165, 1.54) is 6.92 Å². The summed E-state index contributed by atoms with van der Waals surface area (Å²) in [6, 6.07) is 17.2. The van der Waals surface area contributed by atoms with Crippen LogP contribution in [-0.2, 0) is 11.4 Å². The smallest absolute Gasteiger partial charge is 0.545 e. The summed E-state index contributed by atoms with van der Waals surface area (Å²) in [5.74, 6) is -0.411. The van der Waals surface area contributed by atoms with Gasteiger partial charge in [-0.2, -0.15) is 0 Å². The van der Waals surface area contributed by atoms with Crippen LogP contribution in [0.4, 0.5) is 0 Å². The Kier molecular flexibility index (Phi) is 7.92. The van der Waals surface area contributed by atoms with E-state index < -0.39 is 5.97 Å². The maximum Gasteiger partial charge on any atom is 1.00 e. The van der Waals surface area contributed by atoms with Crippen molar-refractivity contribution in [1.82, 2.24) is 0 Å². The third-order valence-electron chi connectivity index (χ3n) is 2.83. The summed E-state index contributed by atoms with van der Waals surface area (Å²) >= 11 is 0. The van der Waals surface area contributed by atoms with Gasteiger partial charge in [0.1, 0.15) is 12.4 Å². The van der Waals surface area contributed by atoms with Crippen molar-refractivity contribution in [3.8, 4) is 5.75 Å². The van der Waals surface area contributed by atoms with Gasteiger partial charge in [0.2, 0.25) is 0 Å². The molecule has 0 saturated carbocycles. The predicted molar refractivity (Wildman–Crippen MR) is 75.9 cm³/mol. The molecule has 0 fully saturated rings. The summed E-state index contributed by atoms with van der Waals surface area (Å²) in [5, 5.41) is 10.6. The third-order valence-corrected chi connectivity index (χ3v) is 2.83. The van der Waals surface area contributed by atoms with E-state index in [1.54, 1.807) is 6.08 Å². The van der Waals surface area contributed by atoms with Crippen LogP contribution in [0.1, 0.15) is 18.1 Å². The van der Waals surface area contributed by atoms with Crippen molar-refractivity contribution < 1.29 is 66.0 Å². The molecule has 0 amide bonds. The van der Waals surface area contributed by atoms with Gasteiger partial charge in [0.25, 0.3) is 0 Å². The molecule has 102 valence electrons. The summed E-state index contributed by atoms with van der Waals surface area (Å²) in [4.78, 5) is 10.6. The molecule has 4 heteroatoms. The first-order chi connectivity index (χ1) is 9.65. The van der Waals surface area contributed by atoms with Gasteiger partial charge in [0, 0.05) is 0 Å². The van der Waals surface area contributed by atoms with Crippen LogP contribution in [-0.4, -0.2) is 5.97 Å². The quantitative estimate of drug-likeness (QED) is 0.549. The van der Waals surface area contributed by atoms with Crippen molar-refractivity contribution in [3.05, 3.63) is 71.3 Å². The van der Waals surface area contributed by atoms with Crippen LogP contribution in [0.3, 0.4) is 0 Å². The minimum atomic E-state index is -1.16. The maximum absolute atomic E-state index is 10.6. The Labute approximate surface area is 167 Å². The van der Waals surface area contributed by atoms with Gasteiger partial charge < -0.3 is 14.6 Å². The number of aliphatic carboxylic acids is 1. The van der Waals surface area contributed by atoms with Gasteiger partial charge >= 0.3 is 51.4 Å². The number of carboxylic acids is 1. The number of hydrogen-bond donors (Lipinski definition) is 0. The van der Waals surface area contributed by atoms with Gasteiger partial charge in [-0.1, -0.05) is 48.5 Å². The average Bonchev–Trinajstić information content (AvgIpc) is 2.47. The third kappa shape index (κ3) is 6.16. The Morgan fingerprint density at radius 2 is 1.71 bits per heavy atom. The van der Waals surface area contributed by atoms with Crippen molar-refractivity contribution in [3.63, 3.8) is 0 Å². The molecule has 0 N–H and O–H groups in total. The first kappa shape index (κ1) is 18.1. The zero-order chi connectivity index (χ0) is 14.4. The molecule has 0 saturated heterocycles. The van der Waals surface area contributed by atoms with Crippen molar-refractivity contribution in [2.24, 2.45) is 0 Å². The number of carboxylic acid groups (broad SMARTS) is 1. The van der Waals surface area contributed by atoms with Crippen LogP contribution >= 0.6 is 0 Å². The largest absolute Gasteiger partial charge is 1.00 e. The zero-order valence-corrected chi connectivity index (χ0v) is 15.3. The number of carbonyl (C=O) groups is 1. The molecule has 2 rings (SSSR count). The number of carbonyl (C=O) groups excluding carboxylic acids is 1. The molecule has 0 aromatic heterocycles. The Balaban J connectivity index is 0.00000220. The SMILES string of the molecule is CC(=Cc1ccc(OCc2ccccc2)cc1)C(=O)[O-].[K+]. The van der Waals surface area contributed by atoms with E-state index in [0.717, 1.165) is 16.9 Å². The van der Waals surface area contributed by atoms with Gasteiger partial charge in [0.15, 0.2) is 0 Å². The average molecular weight is 306 g/mol. The van der Waals surface area contributed by atoms with Crippen LogP contribution in [0, 0.1) is 0 Å². The number of rotatable bonds is 5. The van der Waals surface area contributed by atoms with Gasteiger partial charge in [0.05, 0.1) is 5.97 Å². The molecule has 0 heterocycles. The van der Waals surface area contributed by atoms with E-state index in [1.807, 2.05) is 54.6 Å². The van der Waals surface area contributed by atoms with E-state index in [4.69, 9.17) is 4.74 Å². The fourth-order valence-electron chi connectivity index (χ4n) is 1.71. The van der Waals surface area contributed by atoms with Gasteiger partial charge in [-0.25, -0.2) is 0 Å². The first-order valence-corrected chi connectivity index (χ1v) is 6.31. The maximum atomic E-state index is 10.6. The van der Waals surface area contributed by atoms with E-state index in [0.29, 0.717) is 6.61 Å². The van der Waals surface area contributed by atoms with E-state index >= 15 is 0 Å². The molecule has 0 atom stereocenters. The van der Waals surface area contributed by atoms with Crippen LogP contribution < -0.4 is 61.2 Å². The predicted octanol–water partition coefficient (Wildman–Crippen LogP) is -0.577. The molecule has 0 aliphatic carbocycles. The van der Waals surface area contributed by atoms with E-state index in [9.17, 15) is 9.90 Å². The Morgan fingerprint density at radius 3 is 2.29 bits per heavy atom. The fourth-order valence-corrected chi connectivity index (χ4v) is 1.71. The normalized spacial score (nSPS) is 10.6. The molecular formula is C17H15KO3. The second kappa shape index (κ2) is 9.17. The van der Waals surface area contributed by atoms with Crippen molar-refractivity contribution >= 4 is 12.0 Å². The standard InChI is InChI=1S/C17H16O3.K/c1-13(17(18)19)11-14-7-9-16(10-8-14)20-12-15-5-3-2-4-6-15;/h2-11H,12H2,1H3,(H,18,19);/q;+1/p-1. The van der Waals surface area contributed by atoms with Gasteiger partial charge in [-0.05, 0) is 35.8 Å². The van der Waals surface area contributed by atoms with E-state index in [-0.39, 0.29) is 57.0 Å². The molecule has 0 radical (unpaired) electrons. The number of hydrogen-bond acceptors (Lipinski definition) is 3. The van der Waals surface area contributed by atoms with Crippen LogP contribution in [0.25, 0.3) is 6.08 Å². The number of ether oxygens (including phenoxy) is 1. The summed E-state index contributed by atoms with van der Waals surface area (Å²) in [6.45, 7) is 2.02. The molecule has 2 aromatic carbocycles. The molecular weight excluding hydrogens is 291 g/mol. The van der Waals surface area contributed by atoms with Crippen molar-refractivity contribution in [2.75, 3.05) is 0 Å². The molecule has 0 aliphatic rings. The minimum Gasteiger partial charge on any atom is -0.545 e. The van der Waals surface area contributed by atoms with Crippen LogP contribution in [0.5, 0.6) is 5.75 Å². The van der Waals surface area contributed by atoms with Crippen molar-refractivity contribution in [2.45, 2.75) is 13.5 Å². The molecule has 0 spiro atoms. The molecule has 0 unspecified atom stereocenters. The molecule has 2 aromatic rings. The van der Waals surface area contributed by atoms with E-state index in [2.05, 4.69) is 0 Å². The number of benzene rings is 2. The van der Waals surface area contributed by atoms with Gasteiger partial charge in [-0.3, -0.25) is 0 Å². The van der Waals surface area contributed by atoms with Gasteiger partial charge in [-0.15, -0.1) is 0 Å². The summed E-state index contributed by atoms with van der Waals surface area (Å²) in [5.41, 5.74) is 2.10. The Bertz CT molecular complexity index is 604.